The summed E-state index contributed by atoms with van der Waals surface area (Å²) in [6, 6.07) is 9.36. The van der Waals surface area contributed by atoms with Crippen LogP contribution in [0.4, 0.5) is 0 Å². The van der Waals surface area contributed by atoms with Crippen molar-refractivity contribution in [1.82, 2.24) is 19.4 Å². The first kappa shape index (κ1) is 16.3. The summed E-state index contributed by atoms with van der Waals surface area (Å²) in [5.41, 5.74) is 2.61. The average molecular weight is 360 g/mol. The third kappa shape index (κ3) is 3.19. The number of benzene rings is 1. The minimum absolute atomic E-state index is 0.0428. The molecule has 0 spiro atoms. The van der Waals surface area contributed by atoms with Crippen molar-refractivity contribution in [3.05, 3.63) is 52.8 Å². The first-order valence-electron chi connectivity index (χ1n) is 8.31. The Morgan fingerprint density at radius 1 is 1.24 bits per heavy atom. The number of nitrogens with one attached hydrogen (secondary N) is 1. The summed E-state index contributed by atoms with van der Waals surface area (Å²) in [5, 5.41) is 7.22. The molecule has 1 aromatic heterocycles. The molecule has 25 heavy (non-hydrogen) atoms. The molecule has 0 atom stereocenters. The lowest BCUT2D eigenvalue weighted by Gasteiger charge is -2.16. The highest BCUT2D eigenvalue weighted by Crippen LogP contribution is 2.29. The van der Waals surface area contributed by atoms with Gasteiger partial charge in [-0.2, -0.15) is 9.40 Å². The van der Waals surface area contributed by atoms with Crippen LogP contribution in [0.5, 0.6) is 0 Å². The third-order valence-electron chi connectivity index (χ3n) is 4.65. The van der Waals surface area contributed by atoms with Gasteiger partial charge in [-0.25, -0.2) is 8.42 Å². The molecular formula is C17H20N4O3S. The van der Waals surface area contributed by atoms with Crippen LogP contribution in [-0.4, -0.2) is 34.5 Å². The van der Waals surface area contributed by atoms with Gasteiger partial charge in [0.05, 0.1) is 18.0 Å². The van der Waals surface area contributed by atoms with Gasteiger partial charge in [0.1, 0.15) is 0 Å². The predicted molar refractivity (Wildman–Crippen MR) is 92.0 cm³/mol. The van der Waals surface area contributed by atoms with Gasteiger partial charge in [-0.05, 0) is 18.4 Å². The van der Waals surface area contributed by atoms with Crippen LogP contribution in [-0.2, 0) is 35.9 Å². The summed E-state index contributed by atoms with van der Waals surface area (Å²) in [5.74, 6) is -0.250. The molecule has 1 aromatic carbocycles. The van der Waals surface area contributed by atoms with Gasteiger partial charge in [0, 0.05) is 25.2 Å². The van der Waals surface area contributed by atoms with Crippen molar-refractivity contribution in [2.24, 2.45) is 7.05 Å². The smallest absolute Gasteiger partial charge is 0.272 e. The zero-order valence-corrected chi connectivity index (χ0v) is 14.8. The summed E-state index contributed by atoms with van der Waals surface area (Å²) in [6.45, 7) is 0.455. The van der Waals surface area contributed by atoms with Gasteiger partial charge in [-0.15, -0.1) is 0 Å². The van der Waals surface area contributed by atoms with E-state index in [1.165, 1.54) is 4.31 Å². The normalized spacial score (nSPS) is 17.5. The standard InChI is InChI=1S/C17H20N4O3S/c1-20-15-10-21(25(23,24)11-12-5-3-2-4-6-12)9-14(15)16(19-20)17(22)18-13-7-8-13/h2-6,13H,7-11H2,1H3,(H,18,22). The Morgan fingerprint density at radius 3 is 2.64 bits per heavy atom. The molecule has 7 nitrogen and oxygen atoms in total. The molecule has 2 aromatic rings. The fourth-order valence-electron chi connectivity index (χ4n) is 3.10. The monoisotopic (exact) mass is 360 g/mol. The Hall–Kier alpha value is -2.19. The van der Waals surface area contributed by atoms with Crippen molar-refractivity contribution in [1.29, 1.82) is 0 Å². The van der Waals surface area contributed by atoms with E-state index in [1.54, 1.807) is 23.9 Å². The summed E-state index contributed by atoms with van der Waals surface area (Å²) < 4.78 is 28.5. The molecule has 0 unspecified atom stereocenters. The Labute approximate surface area is 146 Å². The predicted octanol–water partition coefficient (Wildman–Crippen LogP) is 1.16. The van der Waals surface area contributed by atoms with E-state index in [4.69, 9.17) is 0 Å². The Bertz CT molecular complexity index is 917. The zero-order chi connectivity index (χ0) is 17.6. The van der Waals surface area contributed by atoms with Crippen LogP contribution in [0.15, 0.2) is 30.3 Å². The summed E-state index contributed by atoms with van der Waals surface area (Å²) in [6.07, 6.45) is 2.00. The molecule has 0 saturated heterocycles. The fraction of sp³-hybridized carbons (Fsp3) is 0.412. The van der Waals surface area contributed by atoms with Crippen molar-refractivity contribution < 1.29 is 13.2 Å². The van der Waals surface area contributed by atoms with E-state index in [1.807, 2.05) is 18.2 Å². The molecule has 1 aliphatic carbocycles. The molecule has 2 aliphatic rings. The molecule has 1 amide bonds. The molecule has 132 valence electrons. The second kappa shape index (κ2) is 5.96. The Kier molecular flexibility index (Phi) is 3.88. The van der Waals surface area contributed by atoms with E-state index in [2.05, 4.69) is 10.4 Å². The number of hydrogen-bond donors (Lipinski definition) is 1. The van der Waals surface area contributed by atoms with E-state index >= 15 is 0 Å². The van der Waals surface area contributed by atoms with Crippen molar-refractivity contribution >= 4 is 15.9 Å². The molecule has 1 fully saturated rings. The van der Waals surface area contributed by atoms with Crippen molar-refractivity contribution in [3.8, 4) is 0 Å². The second-order valence-corrected chi connectivity index (χ2v) is 8.62. The average Bonchev–Trinajstić information content (AvgIpc) is 3.17. The highest BCUT2D eigenvalue weighted by Gasteiger charge is 2.36. The lowest BCUT2D eigenvalue weighted by Crippen LogP contribution is -2.30. The van der Waals surface area contributed by atoms with Gasteiger partial charge < -0.3 is 5.32 Å². The lowest BCUT2D eigenvalue weighted by atomic mass is 10.2. The number of amides is 1. The number of nitrogens with zero attached hydrogens (tertiary/aromatic N) is 3. The lowest BCUT2D eigenvalue weighted by molar-refractivity contribution is 0.0944. The largest absolute Gasteiger partial charge is 0.348 e. The number of hydrogen-bond acceptors (Lipinski definition) is 4. The molecule has 1 saturated carbocycles. The highest BCUT2D eigenvalue weighted by molar-refractivity contribution is 7.88. The van der Waals surface area contributed by atoms with Crippen molar-refractivity contribution in [3.63, 3.8) is 0 Å². The molecule has 8 heteroatoms. The first-order valence-corrected chi connectivity index (χ1v) is 9.92. The van der Waals surface area contributed by atoms with E-state index in [-0.39, 0.29) is 30.8 Å². The second-order valence-electron chi connectivity index (χ2n) is 6.66. The van der Waals surface area contributed by atoms with E-state index in [0.29, 0.717) is 5.69 Å². The summed E-state index contributed by atoms with van der Waals surface area (Å²) in [4.78, 5) is 12.4. The van der Waals surface area contributed by atoms with E-state index < -0.39 is 10.0 Å². The maximum Gasteiger partial charge on any atom is 0.272 e. The summed E-state index contributed by atoms with van der Waals surface area (Å²) in [7, 11) is -1.71. The minimum Gasteiger partial charge on any atom is -0.348 e. The van der Waals surface area contributed by atoms with Crippen LogP contribution in [0, 0.1) is 0 Å². The number of aryl methyl sites for hydroxylation is 1. The number of sulfonamides is 1. The first-order chi connectivity index (χ1) is 11.9. The van der Waals surface area contributed by atoms with E-state index in [0.717, 1.165) is 29.7 Å². The Balaban J connectivity index is 1.55. The number of fused-ring (bicyclic) bond motifs is 1. The highest BCUT2D eigenvalue weighted by atomic mass is 32.2. The third-order valence-corrected chi connectivity index (χ3v) is 6.39. The van der Waals surface area contributed by atoms with Gasteiger partial charge >= 0.3 is 0 Å². The van der Waals surface area contributed by atoms with Crippen LogP contribution in [0.2, 0.25) is 0 Å². The van der Waals surface area contributed by atoms with Crippen molar-refractivity contribution in [2.75, 3.05) is 0 Å². The maximum atomic E-state index is 12.7. The van der Waals surface area contributed by atoms with Gasteiger partial charge in [0.25, 0.3) is 5.91 Å². The number of rotatable bonds is 5. The number of carbonyl (C=O) groups is 1. The SMILES string of the molecule is Cn1nc(C(=O)NC2CC2)c2c1CN(S(=O)(=O)Cc1ccccc1)C2. The molecule has 4 rings (SSSR count). The molecule has 0 bridgehead atoms. The van der Waals surface area contributed by atoms with Crippen molar-refractivity contribution in [2.45, 2.75) is 37.7 Å². The molecule has 0 radical (unpaired) electrons. The van der Waals surface area contributed by atoms with Gasteiger partial charge in [-0.1, -0.05) is 30.3 Å². The number of aromatic nitrogens is 2. The number of carbonyl (C=O) groups excluding carboxylic acids is 1. The van der Waals surface area contributed by atoms with Gasteiger partial charge in [0.15, 0.2) is 5.69 Å². The molecule has 1 N–H and O–H groups in total. The molecule has 1 aliphatic heterocycles. The van der Waals surface area contributed by atoms with Crippen LogP contribution < -0.4 is 5.32 Å². The van der Waals surface area contributed by atoms with Crippen LogP contribution in [0.1, 0.15) is 40.2 Å². The quantitative estimate of drug-likeness (QED) is 0.867. The maximum absolute atomic E-state index is 12.7. The molecular weight excluding hydrogens is 340 g/mol. The fourth-order valence-corrected chi connectivity index (χ4v) is 4.54. The van der Waals surface area contributed by atoms with Crippen LogP contribution >= 0.6 is 0 Å². The van der Waals surface area contributed by atoms with E-state index in [9.17, 15) is 13.2 Å². The summed E-state index contributed by atoms with van der Waals surface area (Å²) >= 11 is 0. The van der Waals surface area contributed by atoms with Crippen LogP contribution in [0.25, 0.3) is 0 Å². The topological polar surface area (TPSA) is 84.3 Å². The zero-order valence-electron chi connectivity index (χ0n) is 14.0. The van der Waals surface area contributed by atoms with Gasteiger partial charge in [-0.3, -0.25) is 9.48 Å². The molecule has 2 heterocycles. The van der Waals surface area contributed by atoms with Gasteiger partial charge in [0.2, 0.25) is 10.0 Å². The Morgan fingerprint density at radius 2 is 1.96 bits per heavy atom. The minimum atomic E-state index is -3.46. The van der Waals surface area contributed by atoms with Crippen LogP contribution in [0.3, 0.4) is 0 Å².